The zero-order valence-electron chi connectivity index (χ0n) is 12.0. The van der Waals surface area contributed by atoms with Crippen LogP contribution in [0.3, 0.4) is 0 Å². The second kappa shape index (κ2) is 7.11. The first-order valence-electron chi connectivity index (χ1n) is 6.56. The summed E-state index contributed by atoms with van der Waals surface area (Å²) in [6.45, 7) is 3.51. The maximum atomic E-state index is 13.2. The van der Waals surface area contributed by atoms with E-state index >= 15 is 0 Å². The summed E-state index contributed by atoms with van der Waals surface area (Å²) in [6, 6.07) is 8.81. The Balaban J connectivity index is 2.06. The van der Waals surface area contributed by atoms with E-state index in [1.54, 1.807) is 25.1 Å². The zero-order valence-corrected chi connectivity index (χ0v) is 13.6. The van der Waals surface area contributed by atoms with Crippen molar-refractivity contribution in [3.8, 4) is 0 Å². The number of rotatable bonds is 4. The number of hydrogen-bond donors (Lipinski definition) is 1. The summed E-state index contributed by atoms with van der Waals surface area (Å²) >= 11 is 7.16. The maximum absolute atomic E-state index is 13.2. The number of hydrogen-bond acceptors (Lipinski definition) is 2. The van der Waals surface area contributed by atoms with E-state index in [1.165, 1.54) is 6.07 Å². The lowest BCUT2D eigenvalue weighted by Gasteiger charge is -2.14. The van der Waals surface area contributed by atoms with Gasteiger partial charge < -0.3 is 5.32 Å². The minimum absolute atomic E-state index is 0.236. The molecule has 0 heterocycles. The molecule has 0 unspecified atom stereocenters. The maximum Gasteiger partial charge on any atom is 0.237 e. The second-order valence-corrected chi connectivity index (χ2v) is 6.56. The van der Waals surface area contributed by atoms with Crippen LogP contribution in [0, 0.1) is 18.6 Å². The van der Waals surface area contributed by atoms with E-state index < -0.39 is 16.9 Å². The Bertz CT molecular complexity index is 709. The van der Waals surface area contributed by atoms with Crippen LogP contribution < -0.4 is 5.32 Å². The molecule has 1 amide bonds. The molecule has 0 bridgehead atoms. The highest BCUT2D eigenvalue weighted by atomic mass is 35.5. The lowest BCUT2D eigenvalue weighted by molar-refractivity contribution is -0.115. The van der Waals surface area contributed by atoms with Crippen LogP contribution in [0.4, 0.5) is 14.5 Å². The number of anilines is 1. The Morgan fingerprint density at radius 1 is 1.23 bits per heavy atom. The van der Waals surface area contributed by atoms with Gasteiger partial charge in [-0.25, -0.2) is 8.78 Å². The van der Waals surface area contributed by atoms with E-state index in [2.05, 4.69) is 5.32 Å². The van der Waals surface area contributed by atoms with E-state index in [9.17, 15) is 13.6 Å². The summed E-state index contributed by atoms with van der Waals surface area (Å²) in [5, 5.41) is 2.88. The van der Waals surface area contributed by atoms with Gasteiger partial charge in [-0.15, -0.1) is 11.8 Å². The topological polar surface area (TPSA) is 29.1 Å². The first kappa shape index (κ1) is 16.8. The average Bonchev–Trinajstić information content (AvgIpc) is 2.47. The summed E-state index contributed by atoms with van der Waals surface area (Å²) < 4.78 is 26.1. The number of nitrogens with one attached hydrogen (secondary N) is 1. The van der Waals surface area contributed by atoms with Gasteiger partial charge in [-0.1, -0.05) is 17.7 Å². The molecule has 0 radical (unpaired) electrons. The lowest BCUT2D eigenvalue weighted by atomic mass is 10.2. The highest BCUT2D eigenvalue weighted by molar-refractivity contribution is 8.00. The van der Waals surface area contributed by atoms with Crippen LogP contribution in [-0.4, -0.2) is 11.2 Å². The standard InChI is InChI=1S/C16H14ClF2NOS/c1-9-12(17)4-3-5-15(9)20-16(21)10(2)22-11-6-7-13(18)14(19)8-11/h3-8,10H,1-2H3,(H,20,21)/t10-/m1/s1. The smallest absolute Gasteiger partial charge is 0.237 e. The fourth-order valence-corrected chi connectivity index (χ4v) is 2.85. The van der Waals surface area contributed by atoms with E-state index in [4.69, 9.17) is 11.6 Å². The zero-order chi connectivity index (χ0) is 16.3. The van der Waals surface area contributed by atoms with E-state index in [0.29, 0.717) is 15.6 Å². The van der Waals surface area contributed by atoms with Gasteiger partial charge in [0.2, 0.25) is 5.91 Å². The molecule has 0 aliphatic carbocycles. The largest absolute Gasteiger partial charge is 0.325 e. The SMILES string of the molecule is Cc1c(Cl)cccc1NC(=O)[C@@H](C)Sc1ccc(F)c(F)c1. The number of benzene rings is 2. The molecule has 22 heavy (non-hydrogen) atoms. The molecule has 1 atom stereocenters. The van der Waals surface area contributed by atoms with Crippen molar-refractivity contribution in [3.05, 3.63) is 58.6 Å². The Labute approximate surface area is 136 Å². The molecular weight excluding hydrogens is 328 g/mol. The van der Waals surface area contributed by atoms with Gasteiger partial charge in [0.15, 0.2) is 11.6 Å². The fraction of sp³-hybridized carbons (Fsp3) is 0.188. The average molecular weight is 342 g/mol. The molecule has 0 aliphatic heterocycles. The van der Waals surface area contributed by atoms with Crippen molar-refractivity contribution >= 4 is 35.0 Å². The van der Waals surface area contributed by atoms with Gasteiger partial charge in [0.1, 0.15) is 0 Å². The number of carbonyl (C=O) groups excluding carboxylic acids is 1. The van der Waals surface area contributed by atoms with Gasteiger partial charge in [-0.3, -0.25) is 4.79 Å². The lowest BCUT2D eigenvalue weighted by Crippen LogP contribution is -2.22. The van der Waals surface area contributed by atoms with Crippen LogP contribution in [0.25, 0.3) is 0 Å². The molecule has 2 aromatic carbocycles. The summed E-state index contributed by atoms with van der Waals surface area (Å²) in [4.78, 5) is 12.7. The minimum atomic E-state index is -0.928. The van der Waals surface area contributed by atoms with Crippen molar-refractivity contribution in [1.29, 1.82) is 0 Å². The van der Waals surface area contributed by atoms with Crippen LogP contribution in [0.2, 0.25) is 5.02 Å². The Kier molecular flexibility index (Phi) is 5.42. The fourth-order valence-electron chi connectivity index (χ4n) is 1.79. The van der Waals surface area contributed by atoms with E-state index in [0.717, 1.165) is 29.5 Å². The predicted molar refractivity (Wildman–Crippen MR) is 86.5 cm³/mol. The predicted octanol–water partition coefficient (Wildman–Crippen LogP) is 5.05. The van der Waals surface area contributed by atoms with E-state index in [-0.39, 0.29) is 5.91 Å². The quantitative estimate of drug-likeness (QED) is 0.789. The third-order valence-corrected chi connectivity index (χ3v) is 4.60. The van der Waals surface area contributed by atoms with Crippen molar-refractivity contribution < 1.29 is 13.6 Å². The molecule has 0 aliphatic rings. The van der Waals surface area contributed by atoms with Gasteiger partial charge in [-0.2, -0.15) is 0 Å². The molecule has 116 valence electrons. The minimum Gasteiger partial charge on any atom is -0.325 e. The first-order chi connectivity index (χ1) is 10.4. The molecule has 0 saturated heterocycles. The number of carbonyl (C=O) groups is 1. The molecular formula is C16H14ClF2NOS. The van der Waals surface area contributed by atoms with Gasteiger partial charge in [0.25, 0.3) is 0 Å². The molecule has 0 aromatic heterocycles. The van der Waals surface area contributed by atoms with Crippen molar-refractivity contribution in [3.63, 3.8) is 0 Å². The molecule has 6 heteroatoms. The monoisotopic (exact) mass is 341 g/mol. The van der Waals surface area contributed by atoms with Gasteiger partial charge in [0, 0.05) is 15.6 Å². The van der Waals surface area contributed by atoms with Crippen LogP contribution in [-0.2, 0) is 4.79 Å². The second-order valence-electron chi connectivity index (χ2n) is 4.74. The Morgan fingerprint density at radius 3 is 2.64 bits per heavy atom. The molecule has 2 rings (SSSR count). The molecule has 0 spiro atoms. The third kappa shape index (κ3) is 3.99. The van der Waals surface area contributed by atoms with E-state index in [1.807, 2.05) is 6.92 Å². The first-order valence-corrected chi connectivity index (χ1v) is 7.82. The van der Waals surface area contributed by atoms with Crippen molar-refractivity contribution in [2.24, 2.45) is 0 Å². The number of amides is 1. The highest BCUT2D eigenvalue weighted by Gasteiger charge is 2.16. The Hall–Kier alpha value is -1.59. The summed E-state index contributed by atoms with van der Waals surface area (Å²) in [6.07, 6.45) is 0. The summed E-state index contributed by atoms with van der Waals surface area (Å²) in [5.74, 6) is -2.07. The highest BCUT2D eigenvalue weighted by Crippen LogP contribution is 2.27. The van der Waals surface area contributed by atoms with Gasteiger partial charge in [0.05, 0.1) is 5.25 Å². The number of halogens is 3. The number of thioether (sulfide) groups is 1. The molecule has 0 saturated carbocycles. The van der Waals surface area contributed by atoms with Crippen LogP contribution in [0.15, 0.2) is 41.3 Å². The van der Waals surface area contributed by atoms with Crippen molar-refractivity contribution in [1.82, 2.24) is 0 Å². The van der Waals surface area contributed by atoms with Crippen LogP contribution in [0.1, 0.15) is 12.5 Å². The summed E-state index contributed by atoms with van der Waals surface area (Å²) in [7, 11) is 0. The normalized spacial score (nSPS) is 12.0. The summed E-state index contributed by atoms with van der Waals surface area (Å²) in [5.41, 5.74) is 1.41. The van der Waals surface area contributed by atoms with Gasteiger partial charge in [-0.05, 0) is 49.7 Å². The van der Waals surface area contributed by atoms with Gasteiger partial charge >= 0.3 is 0 Å². The van der Waals surface area contributed by atoms with Crippen LogP contribution in [0.5, 0.6) is 0 Å². The molecule has 2 aromatic rings. The Morgan fingerprint density at radius 2 is 1.95 bits per heavy atom. The van der Waals surface area contributed by atoms with Crippen molar-refractivity contribution in [2.45, 2.75) is 24.0 Å². The molecule has 1 N–H and O–H groups in total. The van der Waals surface area contributed by atoms with Crippen LogP contribution >= 0.6 is 23.4 Å². The third-order valence-electron chi connectivity index (χ3n) is 3.10. The van der Waals surface area contributed by atoms with Crippen molar-refractivity contribution in [2.75, 3.05) is 5.32 Å². The molecule has 0 fully saturated rings. The molecule has 2 nitrogen and oxygen atoms in total.